The van der Waals surface area contributed by atoms with Crippen LogP contribution in [0, 0.1) is 17.0 Å². The van der Waals surface area contributed by atoms with Gasteiger partial charge in [0.1, 0.15) is 5.69 Å². The van der Waals surface area contributed by atoms with Gasteiger partial charge in [-0.2, -0.15) is 0 Å². The molecule has 17 heavy (non-hydrogen) atoms. The third-order valence-corrected chi connectivity index (χ3v) is 2.51. The number of para-hydroxylation sites is 1. The molecule has 0 saturated heterocycles. The third-order valence-electron chi connectivity index (χ3n) is 2.51. The number of nitrogens with one attached hydrogen (secondary N) is 1. The van der Waals surface area contributed by atoms with E-state index in [9.17, 15) is 10.1 Å². The minimum Gasteiger partial charge on any atom is -0.385 e. The average Bonchev–Trinajstić information content (AvgIpc) is 2.28. The molecule has 1 N–H and O–H groups in total. The molecule has 1 aromatic rings. The van der Waals surface area contributed by atoms with Crippen LogP contribution in [-0.4, -0.2) is 25.2 Å². The predicted molar refractivity (Wildman–Crippen MR) is 67.4 cm³/mol. The molecule has 0 fully saturated rings. The molecule has 0 aromatic heterocycles. The molecule has 0 aliphatic carbocycles. The summed E-state index contributed by atoms with van der Waals surface area (Å²) in [5, 5.41) is 14.0. The van der Waals surface area contributed by atoms with Crippen molar-refractivity contribution in [2.24, 2.45) is 0 Å². The van der Waals surface area contributed by atoms with Gasteiger partial charge in [-0.1, -0.05) is 12.1 Å². The molecule has 1 rings (SSSR count). The van der Waals surface area contributed by atoms with Crippen molar-refractivity contribution < 1.29 is 9.66 Å². The van der Waals surface area contributed by atoms with E-state index in [2.05, 4.69) is 5.32 Å². The maximum absolute atomic E-state index is 10.9. The third kappa shape index (κ3) is 4.03. The normalized spacial score (nSPS) is 10.2. The zero-order chi connectivity index (χ0) is 12.7. The minimum atomic E-state index is -0.340. The maximum Gasteiger partial charge on any atom is 0.295 e. The summed E-state index contributed by atoms with van der Waals surface area (Å²) in [7, 11) is 1.67. The van der Waals surface area contributed by atoms with Gasteiger partial charge in [0, 0.05) is 25.8 Å². The second-order valence-corrected chi connectivity index (χ2v) is 3.85. The first kappa shape index (κ1) is 13.4. The van der Waals surface area contributed by atoms with E-state index < -0.39 is 0 Å². The molecular formula is C12H18N2O3. The molecule has 0 heterocycles. The largest absolute Gasteiger partial charge is 0.385 e. The lowest BCUT2D eigenvalue weighted by Crippen LogP contribution is -2.06. The van der Waals surface area contributed by atoms with E-state index in [0.717, 1.165) is 19.4 Å². The van der Waals surface area contributed by atoms with Crippen LogP contribution in [0.4, 0.5) is 11.4 Å². The van der Waals surface area contributed by atoms with Crippen LogP contribution in [0.5, 0.6) is 0 Å². The highest BCUT2D eigenvalue weighted by Crippen LogP contribution is 2.27. The number of rotatable bonds is 7. The van der Waals surface area contributed by atoms with Gasteiger partial charge >= 0.3 is 0 Å². The molecule has 0 bridgehead atoms. The number of aryl methyl sites for hydroxylation is 1. The Morgan fingerprint density at radius 2 is 2.18 bits per heavy atom. The smallest absolute Gasteiger partial charge is 0.295 e. The summed E-state index contributed by atoms with van der Waals surface area (Å²) in [6, 6.07) is 5.30. The number of unbranched alkanes of at least 4 members (excludes halogenated alkanes) is 1. The second kappa shape index (κ2) is 6.85. The van der Waals surface area contributed by atoms with Gasteiger partial charge in [-0.3, -0.25) is 10.1 Å². The summed E-state index contributed by atoms with van der Waals surface area (Å²) in [5.74, 6) is 0. The number of hydrogen-bond donors (Lipinski definition) is 1. The van der Waals surface area contributed by atoms with Crippen LogP contribution >= 0.6 is 0 Å². The Morgan fingerprint density at radius 3 is 2.82 bits per heavy atom. The highest BCUT2D eigenvalue weighted by atomic mass is 16.6. The first-order chi connectivity index (χ1) is 8.16. The number of nitro benzene ring substituents is 1. The number of benzene rings is 1. The van der Waals surface area contributed by atoms with Gasteiger partial charge in [-0.25, -0.2) is 0 Å². The topological polar surface area (TPSA) is 64.4 Å². The first-order valence-electron chi connectivity index (χ1n) is 5.63. The van der Waals surface area contributed by atoms with Crippen molar-refractivity contribution in [2.45, 2.75) is 19.8 Å². The average molecular weight is 238 g/mol. The summed E-state index contributed by atoms with van der Waals surface area (Å²) in [5.41, 5.74) is 1.43. The fraction of sp³-hybridized carbons (Fsp3) is 0.500. The summed E-state index contributed by atoms with van der Waals surface area (Å²) in [6.45, 7) is 3.18. The molecule has 0 atom stereocenters. The van der Waals surface area contributed by atoms with Gasteiger partial charge in [0.05, 0.1) is 4.92 Å². The van der Waals surface area contributed by atoms with E-state index in [4.69, 9.17) is 4.74 Å². The van der Waals surface area contributed by atoms with Crippen molar-refractivity contribution in [1.29, 1.82) is 0 Å². The van der Waals surface area contributed by atoms with Crippen LogP contribution < -0.4 is 5.32 Å². The molecule has 0 spiro atoms. The SMILES string of the molecule is COCCCCNc1cccc(C)c1[N+](=O)[O-]. The quantitative estimate of drug-likeness (QED) is 0.450. The number of hydrogen-bond acceptors (Lipinski definition) is 4. The highest BCUT2D eigenvalue weighted by Gasteiger charge is 2.15. The van der Waals surface area contributed by atoms with Gasteiger partial charge in [-0.05, 0) is 25.8 Å². The van der Waals surface area contributed by atoms with Gasteiger partial charge in [0.15, 0.2) is 0 Å². The lowest BCUT2D eigenvalue weighted by atomic mass is 10.1. The Hall–Kier alpha value is -1.62. The molecule has 0 aliphatic rings. The van der Waals surface area contributed by atoms with E-state index in [1.165, 1.54) is 0 Å². The van der Waals surface area contributed by atoms with E-state index in [-0.39, 0.29) is 10.6 Å². The Labute approximate surface area is 101 Å². The van der Waals surface area contributed by atoms with Crippen molar-refractivity contribution in [1.82, 2.24) is 0 Å². The molecule has 0 aliphatic heterocycles. The maximum atomic E-state index is 10.9. The van der Waals surface area contributed by atoms with Crippen molar-refractivity contribution >= 4 is 11.4 Å². The fourth-order valence-electron chi connectivity index (χ4n) is 1.64. The fourth-order valence-corrected chi connectivity index (χ4v) is 1.64. The van der Waals surface area contributed by atoms with Crippen molar-refractivity contribution in [3.8, 4) is 0 Å². The summed E-state index contributed by atoms with van der Waals surface area (Å²) < 4.78 is 4.94. The summed E-state index contributed by atoms with van der Waals surface area (Å²) >= 11 is 0. The van der Waals surface area contributed by atoms with Crippen LogP contribution in [0.2, 0.25) is 0 Å². The van der Waals surface area contributed by atoms with Crippen molar-refractivity contribution in [2.75, 3.05) is 25.6 Å². The highest BCUT2D eigenvalue weighted by molar-refractivity contribution is 5.64. The zero-order valence-electron chi connectivity index (χ0n) is 10.2. The molecule has 94 valence electrons. The minimum absolute atomic E-state index is 0.166. The van der Waals surface area contributed by atoms with E-state index in [1.807, 2.05) is 6.07 Å². The Morgan fingerprint density at radius 1 is 1.41 bits per heavy atom. The molecule has 5 nitrogen and oxygen atoms in total. The van der Waals surface area contributed by atoms with E-state index >= 15 is 0 Å². The molecule has 0 amide bonds. The van der Waals surface area contributed by atoms with Crippen LogP contribution in [0.25, 0.3) is 0 Å². The lowest BCUT2D eigenvalue weighted by molar-refractivity contribution is -0.384. The molecule has 0 radical (unpaired) electrons. The zero-order valence-corrected chi connectivity index (χ0v) is 10.2. The lowest BCUT2D eigenvalue weighted by Gasteiger charge is -2.08. The molecule has 0 unspecified atom stereocenters. The Kier molecular flexibility index (Phi) is 5.42. The monoisotopic (exact) mass is 238 g/mol. The van der Waals surface area contributed by atoms with Crippen LogP contribution in [0.15, 0.2) is 18.2 Å². The molecule has 1 aromatic carbocycles. The molecular weight excluding hydrogens is 220 g/mol. The Balaban J connectivity index is 2.58. The summed E-state index contributed by atoms with van der Waals surface area (Å²) in [6.07, 6.45) is 1.88. The standard InChI is InChI=1S/C12H18N2O3/c1-10-6-5-7-11(12(10)14(15)16)13-8-3-4-9-17-2/h5-7,13H,3-4,8-9H2,1-2H3. The van der Waals surface area contributed by atoms with E-state index in [0.29, 0.717) is 17.8 Å². The predicted octanol–water partition coefficient (Wildman–Crippen LogP) is 2.74. The number of ether oxygens (including phenoxy) is 1. The number of nitro groups is 1. The summed E-state index contributed by atoms with van der Waals surface area (Å²) in [4.78, 5) is 10.6. The number of nitrogens with zero attached hydrogens (tertiary/aromatic N) is 1. The Bertz CT molecular complexity index is 380. The van der Waals surface area contributed by atoms with E-state index in [1.54, 1.807) is 26.2 Å². The van der Waals surface area contributed by atoms with Crippen molar-refractivity contribution in [3.05, 3.63) is 33.9 Å². The van der Waals surface area contributed by atoms with Gasteiger partial charge in [-0.15, -0.1) is 0 Å². The van der Waals surface area contributed by atoms with Gasteiger partial charge in [0.25, 0.3) is 5.69 Å². The molecule has 0 saturated carbocycles. The first-order valence-corrected chi connectivity index (χ1v) is 5.63. The second-order valence-electron chi connectivity index (χ2n) is 3.85. The van der Waals surface area contributed by atoms with Gasteiger partial charge < -0.3 is 10.1 Å². The van der Waals surface area contributed by atoms with Crippen LogP contribution in [0.1, 0.15) is 18.4 Å². The van der Waals surface area contributed by atoms with Gasteiger partial charge in [0.2, 0.25) is 0 Å². The molecule has 5 heteroatoms. The van der Waals surface area contributed by atoms with Crippen LogP contribution in [0.3, 0.4) is 0 Å². The van der Waals surface area contributed by atoms with Crippen LogP contribution in [-0.2, 0) is 4.74 Å². The number of methoxy groups -OCH3 is 1. The van der Waals surface area contributed by atoms with Crippen molar-refractivity contribution in [3.63, 3.8) is 0 Å². The number of anilines is 1.